The van der Waals surface area contributed by atoms with Crippen LogP contribution in [0.25, 0.3) is 16.8 Å². The fraction of sp³-hybridized carbons (Fsp3) is 0.0714. The van der Waals surface area contributed by atoms with E-state index in [0.29, 0.717) is 29.4 Å². The molecule has 0 spiro atoms. The van der Waals surface area contributed by atoms with Crippen molar-refractivity contribution in [2.45, 2.75) is 6.61 Å². The van der Waals surface area contributed by atoms with Gasteiger partial charge in [0, 0.05) is 15.7 Å². The van der Waals surface area contributed by atoms with Crippen molar-refractivity contribution in [3.8, 4) is 17.6 Å². The molecule has 4 rings (SSSR count). The zero-order valence-corrected chi connectivity index (χ0v) is 20.0. The number of rotatable bonds is 7. The highest BCUT2D eigenvalue weighted by Crippen LogP contribution is 2.27. The smallest absolute Gasteiger partial charge is 0.266 e. The van der Waals surface area contributed by atoms with Gasteiger partial charge >= 0.3 is 0 Å². The molecule has 0 radical (unpaired) electrons. The number of halogens is 1. The molecule has 0 saturated heterocycles. The highest BCUT2D eigenvalue weighted by Gasteiger charge is 2.12. The third kappa shape index (κ3) is 5.64. The van der Waals surface area contributed by atoms with Gasteiger partial charge in [0.05, 0.1) is 7.11 Å². The van der Waals surface area contributed by atoms with E-state index in [0.717, 1.165) is 15.4 Å². The second-order valence-electron chi connectivity index (χ2n) is 7.50. The second kappa shape index (κ2) is 10.7. The Morgan fingerprint density at radius 3 is 2.50 bits per heavy atom. The molecule has 1 amide bonds. The van der Waals surface area contributed by atoms with Gasteiger partial charge in [-0.3, -0.25) is 4.79 Å². The van der Waals surface area contributed by atoms with Gasteiger partial charge in [-0.1, -0.05) is 52.3 Å². The third-order valence-electron chi connectivity index (χ3n) is 5.19. The highest BCUT2D eigenvalue weighted by molar-refractivity contribution is 9.10. The predicted molar refractivity (Wildman–Crippen MR) is 138 cm³/mol. The molecule has 168 valence electrons. The van der Waals surface area contributed by atoms with Crippen molar-refractivity contribution in [3.05, 3.63) is 106 Å². The van der Waals surface area contributed by atoms with Crippen molar-refractivity contribution in [2.24, 2.45) is 0 Å². The summed E-state index contributed by atoms with van der Waals surface area (Å²) in [6, 6.07) is 28.7. The Balaban J connectivity index is 1.54. The van der Waals surface area contributed by atoms with E-state index in [1.54, 1.807) is 31.4 Å². The summed E-state index contributed by atoms with van der Waals surface area (Å²) in [6.45, 7) is 0.354. The third-order valence-corrected chi connectivity index (χ3v) is 5.69. The zero-order valence-electron chi connectivity index (χ0n) is 18.4. The molecule has 34 heavy (non-hydrogen) atoms. The van der Waals surface area contributed by atoms with Crippen molar-refractivity contribution in [3.63, 3.8) is 0 Å². The molecule has 0 fully saturated rings. The first kappa shape index (κ1) is 23.1. The Kier molecular flexibility index (Phi) is 7.26. The average molecular weight is 513 g/mol. The molecular formula is C28H21BrN2O3. The number of anilines is 1. The number of methoxy groups -OCH3 is 1. The zero-order chi connectivity index (χ0) is 23.9. The summed E-state index contributed by atoms with van der Waals surface area (Å²) in [7, 11) is 1.57. The second-order valence-corrected chi connectivity index (χ2v) is 8.42. The fourth-order valence-electron chi connectivity index (χ4n) is 3.43. The first-order valence-electron chi connectivity index (χ1n) is 10.5. The van der Waals surface area contributed by atoms with E-state index >= 15 is 0 Å². The average Bonchev–Trinajstić information content (AvgIpc) is 2.87. The number of ether oxygens (including phenoxy) is 2. The lowest BCUT2D eigenvalue weighted by atomic mass is 10.1. The Bertz CT molecular complexity index is 1410. The van der Waals surface area contributed by atoms with Crippen LogP contribution in [0, 0.1) is 11.3 Å². The Morgan fingerprint density at radius 1 is 1.00 bits per heavy atom. The number of amides is 1. The van der Waals surface area contributed by atoms with Crippen molar-refractivity contribution < 1.29 is 14.3 Å². The molecule has 0 aliphatic carbocycles. The monoisotopic (exact) mass is 512 g/mol. The molecule has 0 saturated carbocycles. The number of carbonyl (C=O) groups is 1. The summed E-state index contributed by atoms with van der Waals surface area (Å²) >= 11 is 3.46. The van der Waals surface area contributed by atoms with Gasteiger partial charge in [-0.25, -0.2) is 0 Å². The highest BCUT2D eigenvalue weighted by atomic mass is 79.9. The van der Waals surface area contributed by atoms with E-state index in [4.69, 9.17) is 9.47 Å². The molecule has 0 atom stereocenters. The lowest BCUT2D eigenvalue weighted by Crippen LogP contribution is -2.13. The summed E-state index contributed by atoms with van der Waals surface area (Å²) in [6.07, 6.45) is 1.53. The van der Waals surface area contributed by atoms with Gasteiger partial charge in [-0.2, -0.15) is 5.26 Å². The first-order valence-corrected chi connectivity index (χ1v) is 11.3. The Hall–Kier alpha value is -4.08. The number of carbonyl (C=O) groups excluding carboxylic acids is 1. The van der Waals surface area contributed by atoms with Crippen molar-refractivity contribution in [2.75, 3.05) is 12.4 Å². The van der Waals surface area contributed by atoms with Crippen LogP contribution in [0.2, 0.25) is 0 Å². The number of nitrogens with one attached hydrogen (secondary N) is 1. The number of nitriles is 1. The minimum atomic E-state index is -0.506. The molecule has 5 nitrogen and oxygen atoms in total. The Morgan fingerprint density at radius 2 is 1.76 bits per heavy atom. The van der Waals surface area contributed by atoms with Crippen molar-refractivity contribution in [1.82, 2.24) is 0 Å². The fourth-order valence-corrected chi connectivity index (χ4v) is 3.81. The van der Waals surface area contributed by atoms with E-state index in [1.807, 2.05) is 42.5 Å². The summed E-state index contributed by atoms with van der Waals surface area (Å²) in [5.41, 5.74) is 2.17. The van der Waals surface area contributed by atoms with Crippen LogP contribution in [0.5, 0.6) is 11.5 Å². The summed E-state index contributed by atoms with van der Waals surface area (Å²) < 4.78 is 12.0. The summed E-state index contributed by atoms with van der Waals surface area (Å²) in [5.74, 6) is 0.742. The van der Waals surface area contributed by atoms with E-state index in [2.05, 4.69) is 45.5 Å². The SMILES string of the molecule is COc1ccc(NC(=O)/C(C#N)=C/c2cc(Br)ccc2OCc2ccc3ccccc3c2)cc1. The first-order chi connectivity index (χ1) is 16.6. The molecule has 1 N–H and O–H groups in total. The quantitative estimate of drug-likeness (QED) is 0.220. The number of hydrogen-bond donors (Lipinski definition) is 1. The summed E-state index contributed by atoms with van der Waals surface area (Å²) in [5, 5.41) is 14.7. The lowest BCUT2D eigenvalue weighted by Gasteiger charge is -2.11. The van der Waals surface area contributed by atoms with Crippen LogP contribution in [-0.2, 0) is 11.4 Å². The van der Waals surface area contributed by atoms with Gasteiger partial charge in [0.15, 0.2) is 0 Å². The topological polar surface area (TPSA) is 71.3 Å². The maximum atomic E-state index is 12.7. The van der Waals surface area contributed by atoms with E-state index < -0.39 is 5.91 Å². The van der Waals surface area contributed by atoms with E-state index in [1.165, 1.54) is 11.5 Å². The van der Waals surface area contributed by atoms with Gasteiger partial charge in [-0.05, 0) is 70.9 Å². The predicted octanol–water partition coefficient (Wildman–Crippen LogP) is 6.74. The van der Waals surface area contributed by atoms with Crippen LogP contribution in [0.1, 0.15) is 11.1 Å². The molecule has 6 heteroatoms. The van der Waals surface area contributed by atoms with E-state index in [-0.39, 0.29) is 5.57 Å². The standard InChI is InChI=1S/C28H21BrN2O3/c1-33-26-11-9-25(10-12-26)31-28(32)23(17-30)15-22-16-24(29)8-13-27(22)34-18-19-6-7-20-4-2-3-5-21(20)14-19/h2-16H,18H2,1H3,(H,31,32)/b23-15+. The van der Waals surface area contributed by atoms with Crippen LogP contribution in [0.3, 0.4) is 0 Å². The molecule has 4 aromatic carbocycles. The van der Waals surface area contributed by atoms with Gasteiger partial charge in [0.2, 0.25) is 0 Å². The Labute approximate surface area is 206 Å². The molecule has 0 aliphatic heterocycles. The number of hydrogen-bond acceptors (Lipinski definition) is 4. The van der Waals surface area contributed by atoms with Crippen LogP contribution in [-0.4, -0.2) is 13.0 Å². The molecule has 0 aromatic heterocycles. The molecule has 0 aliphatic rings. The number of nitrogens with zero attached hydrogens (tertiary/aromatic N) is 1. The number of fused-ring (bicyclic) bond motifs is 1. The van der Waals surface area contributed by atoms with Crippen LogP contribution >= 0.6 is 15.9 Å². The molecule has 0 unspecified atom stereocenters. The van der Waals surface area contributed by atoms with Crippen molar-refractivity contribution >= 4 is 44.4 Å². The maximum absolute atomic E-state index is 12.7. The molecular weight excluding hydrogens is 492 g/mol. The van der Waals surface area contributed by atoms with Gasteiger partial charge in [-0.15, -0.1) is 0 Å². The van der Waals surface area contributed by atoms with Crippen molar-refractivity contribution in [1.29, 1.82) is 5.26 Å². The molecule has 4 aromatic rings. The molecule has 0 heterocycles. The minimum absolute atomic E-state index is 0.0375. The largest absolute Gasteiger partial charge is 0.497 e. The molecule has 0 bridgehead atoms. The number of benzene rings is 4. The van der Waals surface area contributed by atoms with Gasteiger partial charge < -0.3 is 14.8 Å². The lowest BCUT2D eigenvalue weighted by molar-refractivity contribution is -0.112. The van der Waals surface area contributed by atoms with Crippen LogP contribution in [0.15, 0.2) is 95.0 Å². The van der Waals surface area contributed by atoms with Gasteiger partial charge in [0.1, 0.15) is 29.7 Å². The van der Waals surface area contributed by atoms with Crippen LogP contribution in [0.4, 0.5) is 5.69 Å². The summed E-state index contributed by atoms with van der Waals surface area (Å²) in [4.78, 5) is 12.7. The van der Waals surface area contributed by atoms with Crippen LogP contribution < -0.4 is 14.8 Å². The maximum Gasteiger partial charge on any atom is 0.266 e. The van der Waals surface area contributed by atoms with Gasteiger partial charge in [0.25, 0.3) is 5.91 Å². The van der Waals surface area contributed by atoms with E-state index in [9.17, 15) is 10.1 Å². The normalized spacial score (nSPS) is 11.0. The minimum Gasteiger partial charge on any atom is -0.497 e.